The van der Waals surface area contributed by atoms with Crippen LogP contribution >= 0.6 is 0 Å². The van der Waals surface area contributed by atoms with E-state index in [0.29, 0.717) is 0 Å². The van der Waals surface area contributed by atoms with E-state index in [1.165, 1.54) is 0 Å². The summed E-state index contributed by atoms with van der Waals surface area (Å²) in [5, 5.41) is 0. The van der Waals surface area contributed by atoms with Crippen molar-refractivity contribution in [1.29, 1.82) is 0 Å². The van der Waals surface area contributed by atoms with Crippen molar-refractivity contribution in [3.05, 3.63) is 0 Å². The third-order valence-electron chi connectivity index (χ3n) is 0. The van der Waals surface area contributed by atoms with Gasteiger partial charge in [0.15, 0.2) is 0 Å². The maximum absolute atomic E-state index is 8.52. The first-order chi connectivity index (χ1) is 2.00. The van der Waals surface area contributed by atoms with Crippen LogP contribution in [0.25, 0.3) is 0 Å². The fourth-order valence-electron chi connectivity index (χ4n) is 0. The molecule has 0 N–H and O–H groups in total. The van der Waals surface area contributed by atoms with Gasteiger partial charge in [-0.25, -0.2) is 0 Å². The molecule has 0 aliphatic carbocycles. The quantitative estimate of drug-likeness (QED) is 0.291. The smallest absolute Gasteiger partial charge is 0.759 e. The molecule has 0 saturated heterocycles. The Morgan fingerprint density at radius 1 is 1.14 bits per heavy atom. The summed E-state index contributed by atoms with van der Waals surface area (Å²) in [5.41, 5.74) is 0. The molecule has 0 amide bonds. The molecule has 0 fully saturated rings. The summed E-state index contributed by atoms with van der Waals surface area (Å²) in [6.07, 6.45) is 0. The van der Waals surface area contributed by atoms with Gasteiger partial charge in [0, 0.05) is 10.4 Å². The fraction of sp³-hybridized carbons (Fsp3) is 0. The maximum Gasteiger partial charge on any atom is 2.00 e. The van der Waals surface area contributed by atoms with Gasteiger partial charge in [-0.1, -0.05) is 0 Å². The Balaban J connectivity index is -0.0000000800. The second-order valence-corrected chi connectivity index (χ2v) is 1.22. The van der Waals surface area contributed by atoms with Crippen molar-refractivity contribution in [2.45, 2.75) is 0 Å². The molecule has 0 aliphatic rings. The van der Waals surface area contributed by atoms with E-state index in [1.807, 2.05) is 0 Å². The molecule has 0 heterocycles. The average Bonchev–Trinajstić information content (AvgIpc) is 0.722. The van der Waals surface area contributed by atoms with Gasteiger partial charge in [0.05, 0.1) is 0 Å². The first-order valence-corrected chi connectivity index (χ1v) is 2.00. The van der Waals surface area contributed by atoms with E-state index >= 15 is 0 Å². The molecule has 0 aromatic carbocycles. The zero-order valence-electron chi connectivity index (χ0n) is 3.46. The monoisotopic (exact) mass is 322 g/mol. The van der Waals surface area contributed by atoms with Crippen LogP contribution in [0.15, 0.2) is 0 Å². The molecule has 0 aromatic heterocycles. The molecular weight excluding hydrogens is 321 g/mol. The molecule has 0 unspecified atom stereocenters. The van der Waals surface area contributed by atoms with Crippen LogP contribution in [-0.4, -0.2) is 112 Å². The molecule has 4 nitrogen and oxygen atoms in total. The summed E-state index contributed by atoms with van der Waals surface area (Å²) < 4.78 is 34.1. The third kappa shape index (κ3) is 50.1. The van der Waals surface area contributed by atoms with E-state index in [4.69, 9.17) is 17.5 Å². The van der Waals surface area contributed by atoms with Crippen LogP contribution in [0.1, 0.15) is 0 Å². The van der Waals surface area contributed by atoms with Crippen molar-refractivity contribution in [3.8, 4) is 0 Å². The van der Waals surface area contributed by atoms with Crippen molar-refractivity contribution in [1.82, 2.24) is 0 Å². The van der Waals surface area contributed by atoms with Crippen molar-refractivity contribution >= 4 is 105 Å². The first kappa shape index (κ1) is 16.5. The van der Waals surface area contributed by atoms with Gasteiger partial charge in [0.1, 0.15) is 0 Å². The Kier molecular flexibility index (Phi) is 16.6. The van der Waals surface area contributed by atoms with Crippen LogP contribution in [0.4, 0.5) is 0 Å². The van der Waals surface area contributed by atoms with Crippen molar-refractivity contribution in [2.24, 2.45) is 0 Å². The van der Waals surface area contributed by atoms with Gasteiger partial charge in [-0.2, -0.15) is 0 Å². The van der Waals surface area contributed by atoms with Crippen LogP contribution in [0.3, 0.4) is 0 Å². The predicted molar refractivity (Wildman–Crippen MR) is 22.0 cm³/mol. The normalized spacial score (nSPS) is 8.29. The van der Waals surface area contributed by atoms with Crippen LogP contribution in [0.5, 0.6) is 0 Å². The van der Waals surface area contributed by atoms with Gasteiger partial charge >= 0.3 is 94.4 Å². The van der Waals surface area contributed by atoms with Crippen LogP contribution in [0.2, 0.25) is 0 Å². The second kappa shape index (κ2) is 7.03. The Hall–Kier alpha value is 2.92. The van der Waals surface area contributed by atoms with Crippen LogP contribution < -0.4 is 0 Å². The van der Waals surface area contributed by atoms with Gasteiger partial charge in [0.2, 0.25) is 0 Å². The number of rotatable bonds is 0. The summed E-state index contributed by atoms with van der Waals surface area (Å²) in [6, 6.07) is 0. The third-order valence-corrected chi connectivity index (χ3v) is 0. The molecule has 32 valence electrons. The standard InChI is InChI=1S/Ba.H2O4S.Sr/c;1-5(2,3)4;/h;(H2,1,2,3,4);/q+2;;+2/p-2. The Labute approximate surface area is 119 Å². The molecule has 0 radical (unpaired) electrons. The molecule has 0 saturated carbocycles. The summed E-state index contributed by atoms with van der Waals surface area (Å²) in [7, 11) is -5.17. The minimum Gasteiger partial charge on any atom is -0.759 e. The summed E-state index contributed by atoms with van der Waals surface area (Å²) in [4.78, 5) is 0. The zero-order chi connectivity index (χ0) is 4.50. The number of hydrogen-bond acceptors (Lipinski definition) is 4. The van der Waals surface area contributed by atoms with Gasteiger partial charge < -0.3 is 9.11 Å². The molecule has 7 heteroatoms. The topological polar surface area (TPSA) is 80.3 Å². The minimum absolute atomic E-state index is 0. The predicted octanol–water partition coefficient (Wildman–Crippen LogP) is -2.10. The average molecular weight is 321 g/mol. The van der Waals surface area contributed by atoms with E-state index in [1.54, 1.807) is 0 Å². The fourth-order valence-corrected chi connectivity index (χ4v) is 0. The molecular formula is BaO4SSr+2. The van der Waals surface area contributed by atoms with E-state index in [0.717, 1.165) is 0 Å². The minimum atomic E-state index is -5.17. The summed E-state index contributed by atoms with van der Waals surface area (Å²) in [5.74, 6) is 0. The van der Waals surface area contributed by atoms with Crippen LogP contribution in [0, 0.1) is 0 Å². The zero-order valence-corrected chi connectivity index (χ0v) is 12.2. The molecule has 0 atom stereocenters. The number of hydrogen-bond donors (Lipinski definition) is 0. The first-order valence-electron chi connectivity index (χ1n) is 0.667. The van der Waals surface area contributed by atoms with Crippen LogP contribution in [-0.2, 0) is 10.4 Å². The Bertz CT molecular complexity index is 94.9. The van der Waals surface area contributed by atoms with E-state index in [2.05, 4.69) is 0 Å². The molecule has 0 aliphatic heterocycles. The SMILES string of the molecule is O=S(=O)([O-])[O-].[Ba+2].[Sr+2]. The Morgan fingerprint density at radius 3 is 1.14 bits per heavy atom. The molecule has 7 heavy (non-hydrogen) atoms. The maximum atomic E-state index is 8.52. The molecule has 0 aromatic rings. The summed E-state index contributed by atoms with van der Waals surface area (Å²) >= 11 is 0. The van der Waals surface area contributed by atoms with Crippen molar-refractivity contribution in [2.75, 3.05) is 0 Å². The van der Waals surface area contributed by atoms with Gasteiger partial charge in [-0.15, -0.1) is 0 Å². The summed E-state index contributed by atoms with van der Waals surface area (Å²) in [6.45, 7) is 0. The van der Waals surface area contributed by atoms with Gasteiger partial charge in [-0.05, 0) is 0 Å². The van der Waals surface area contributed by atoms with Gasteiger partial charge in [-0.3, -0.25) is 8.42 Å². The second-order valence-electron chi connectivity index (χ2n) is 0.408. The molecule has 0 spiro atoms. The largest absolute Gasteiger partial charge is 2.00 e. The van der Waals surface area contributed by atoms with Gasteiger partial charge in [0.25, 0.3) is 0 Å². The molecule has 0 rings (SSSR count). The Morgan fingerprint density at radius 2 is 1.14 bits per heavy atom. The van der Waals surface area contributed by atoms with Crippen molar-refractivity contribution < 1.29 is 17.5 Å². The molecule has 0 bridgehead atoms. The van der Waals surface area contributed by atoms with E-state index < -0.39 is 10.4 Å². The van der Waals surface area contributed by atoms with E-state index in [-0.39, 0.29) is 94.4 Å². The van der Waals surface area contributed by atoms with Crippen molar-refractivity contribution in [3.63, 3.8) is 0 Å². The van der Waals surface area contributed by atoms with E-state index in [9.17, 15) is 0 Å².